The fourth-order valence-corrected chi connectivity index (χ4v) is 0.742. The Morgan fingerprint density at radius 1 is 1.27 bits per heavy atom. The quantitative estimate of drug-likeness (QED) is 0.550. The molecule has 58 valence electrons. The summed E-state index contributed by atoms with van der Waals surface area (Å²) in [6.07, 6.45) is 1.46. The van der Waals surface area contributed by atoms with Crippen molar-refractivity contribution in [1.29, 1.82) is 0 Å². The third-order valence-electron chi connectivity index (χ3n) is 1.22. The van der Waals surface area contributed by atoms with Gasteiger partial charge in [-0.2, -0.15) is 0 Å². The van der Waals surface area contributed by atoms with E-state index in [1.165, 1.54) is 12.3 Å². The van der Waals surface area contributed by atoms with Gasteiger partial charge in [0.15, 0.2) is 11.6 Å². The van der Waals surface area contributed by atoms with Gasteiger partial charge in [0, 0.05) is 13.3 Å². The predicted molar refractivity (Wildman–Crippen MR) is 39.9 cm³/mol. The fourth-order valence-electron chi connectivity index (χ4n) is 0.742. The fraction of sp³-hybridized carbons (Fsp3) is 0.125. The summed E-state index contributed by atoms with van der Waals surface area (Å²) in [5.41, 5.74) is 0.561. The summed E-state index contributed by atoms with van der Waals surface area (Å²) < 4.78 is 24.8. The largest absolute Gasteiger partial charge is 0.296 e. The van der Waals surface area contributed by atoms with Gasteiger partial charge in [0.2, 0.25) is 0 Å². The third kappa shape index (κ3) is 1.83. The van der Waals surface area contributed by atoms with Gasteiger partial charge >= 0.3 is 0 Å². The molecule has 0 aliphatic carbocycles. The van der Waals surface area contributed by atoms with Crippen LogP contribution in [0.3, 0.4) is 0 Å². The van der Waals surface area contributed by atoms with Gasteiger partial charge in [0.1, 0.15) is 0 Å². The zero-order valence-corrected chi connectivity index (χ0v) is 6.01. The van der Waals surface area contributed by atoms with Crippen LogP contribution in [-0.4, -0.2) is 13.3 Å². The molecular formula is C8H7F2N. The van der Waals surface area contributed by atoms with Crippen LogP contribution >= 0.6 is 0 Å². The molecule has 0 atom stereocenters. The van der Waals surface area contributed by atoms with Crippen molar-refractivity contribution in [2.45, 2.75) is 0 Å². The molecule has 0 aliphatic rings. The normalized spacial score (nSPS) is 10.8. The van der Waals surface area contributed by atoms with E-state index in [1.807, 2.05) is 0 Å². The molecule has 3 heteroatoms. The van der Waals surface area contributed by atoms with Crippen LogP contribution in [0.25, 0.3) is 0 Å². The van der Waals surface area contributed by atoms with Gasteiger partial charge in [0.25, 0.3) is 0 Å². The van der Waals surface area contributed by atoms with Crippen molar-refractivity contribution in [1.82, 2.24) is 0 Å². The maximum Gasteiger partial charge on any atom is 0.159 e. The van der Waals surface area contributed by atoms with Gasteiger partial charge < -0.3 is 0 Å². The predicted octanol–water partition coefficient (Wildman–Crippen LogP) is 2.01. The third-order valence-corrected chi connectivity index (χ3v) is 1.22. The molecule has 0 bridgehead atoms. The lowest BCUT2D eigenvalue weighted by Gasteiger charge is -1.93. The molecule has 0 amide bonds. The molecule has 1 rings (SSSR count). The van der Waals surface area contributed by atoms with E-state index in [4.69, 9.17) is 0 Å². The molecule has 1 aromatic carbocycles. The van der Waals surface area contributed by atoms with E-state index in [0.717, 1.165) is 12.1 Å². The van der Waals surface area contributed by atoms with Crippen molar-refractivity contribution in [2.24, 2.45) is 4.99 Å². The van der Waals surface area contributed by atoms with Gasteiger partial charge in [-0.15, -0.1) is 0 Å². The molecule has 0 radical (unpaired) electrons. The standard InChI is InChI=1S/C8H7F2N/c1-11-5-6-2-3-7(9)8(10)4-6/h2-5H,1H3. The molecular weight excluding hydrogens is 148 g/mol. The monoisotopic (exact) mass is 155 g/mol. The number of nitrogens with zero attached hydrogens (tertiary/aromatic N) is 1. The molecule has 0 unspecified atom stereocenters. The van der Waals surface area contributed by atoms with Crippen molar-refractivity contribution >= 4 is 6.21 Å². The first kappa shape index (κ1) is 7.85. The molecule has 0 aromatic heterocycles. The highest BCUT2D eigenvalue weighted by Crippen LogP contribution is 2.06. The first-order chi connectivity index (χ1) is 5.24. The lowest BCUT2D eigenvalue weighted by molar-refractivity contribution is 0.508. The molecule has 0 spiro atoms. The first-order valence-electron chi connectivity index (χ1n) is 3.11. The molecule has 1 aromatic rings. The number of halogens is 2. The van der Waals surface area contributed by atoms with Gasteiger partial charge in [-0.3, -0.25) is 4.99 Å². The van der Waals surface area contributed by atoms with Crippen LogP contribution in [0.2, 0.25) is 0 Å². The van der Waals surface area contributed by atoms with E-state index in [0.29, 0.717) is 5.56 Å². The van der Waals surface area contributed by atoms with Crippen molar-refractivity contribution < 1.29 is 8.78 Å². The Bertz CT molecular complexity index is 281. The smallest absolute Gasteiger partial charge is 0.159 e. The summed E-state index contributed by atoms with van der Waals surface area (Å²) in [6, 6.07) is 3.64. The average molecular weight is 155 g/mol. The minimum Gasteiger partial charge on any atom is -0.296 e. The van der Waals surface area contributed by atoms with E-state index in [9.17, 15) is 8.78 Å². The van der Waals surface area contributed by atoms with Crippen LogP contribution in [0.4, 0.5) is 8.78 Å². The van der Waals surface area contributed by atoms with Gasteiger partial charge in [-0.1, -0.05) is 6.07 Å². The highest BCUT2D eigenvalue weighted by Gasteiger charge is 1.99. The zero-order chi connectivity index (χ0) is 8.27. The summed E-state index contributed by atoms with van der Waals surface area (Å²) in [4.78, 5) is 3.66. The van der Waals surface area contributed by atoms with Crippen molar-refractivity contribution in [3.63, 3.8) is 0 Å². The molecule has 0 saturated carbocycles. The van der Waals surface area contributed by atoms with E-state index in [1.54, 1.807) is 7.05 Å². The average Bonchev–Trinajstić information content (AvgIpc) is 1.98. The summed E-state index contributed by atoms with van der Waals surface area (Å²) >= 11 is 0. The molecule has 11 heavy (non-hydrogen) atoms. The van der Waals surface area contributed by atoms with Crippen molar-refractivity contribution in [2.75, 3.05) is 7.05 Å². The number of aliphatic imine (C=N–C) groups is 1. The highest BCUT2D eigenvalue weighted by molar-refractivity contribution is 5.79. The Morgan fingerprint density at radius 3 is 2.55 bits per heavy atom. The second kappa shape index (κ2) is 3.23. The Hall–Kier alpha value is -1.25. The SMILES string of the molecule is CN=Cc1ccc(F)c(F)c1. The van der Waals surface area contributed by atoms with Gasteiger partial charge in [-0.05, 0) is 17.7 Å². The summed E-state index contributed by atoms with van der Waals surface area (Å²) in [5, 5.41) is 0. The minimum absolute atomic E-state index is 0.561. The van der Waals surface area contributed by atoms with Gasteiger partial charge in [0.05, 0.1) is 0 Å². The summed E-state index contributed by atoms with van der Waals surface area (Å²) in [5.74, 6) is -1.68. The Morgan fingerprint density at radius 2 is 2.00 bits per heavy atom. The molecule has 0 fully saturated rings. The Kier molecular flexibility index (Phi) is 2.31. The topological polar surface area (TPSA) is 12.4 Å². The Labute approximate surface area is 63.4 Å². The van der Waals surface area contributed by atoms with E-state index >= 15 is 0 Å². The second-order valence-electron chi connectivity index (χ2n) is 2.06. The maximum atomic E-state index is 12.5. The van der Waals surface area contributed by atoms with Crippen LogP contribution < -0.4 is 0 Å². The van der Waals surface area contributed by atoms with E-state index < -0.39 is 11.6 Å². The number of hydrogen-bond acceptors (Lipinski definition) is 1. The van der Waals surface area contributed by atoms with Gasteiger partial charge in [-0.25, -0.2) is 8.78 Å². The highest BCUT2D eigenvalue weighted by atomic mass is 19.2. The number of benzene rings is 1. The zero-order valence-electron chi connectivity index (χ0n) is 6.01. The molecule has 0 aliphatic heterocycles. The molecule has 1 nitrogen and oxygen atoms in total. The summed E-state index contributed by atoms with van der Waals surface area (Å²) in [7, 11) is 1.57. The van der Waals surface area contributed by atoms with Crippen molar-refractivity contribution in [3.8, 4) is 0 Å². The lowest BCUT2D eigenvalue weighted by atomic mass is 10.2. The number of hydrogen-bond donors (Lipinski definition) is 0. The second-order valence-corrected chi connectivity index (χ2v) is 2.06. The molecule has 0 N–H and O–H groups in total. The summed E-state index contributed by atoms with van der Waals surface area (Å²) in [6.45, 7) is 0. The van der Waals surface area contributed by atoms with Crippen LogP contribution in [0.5, 0.6) is 0 Å². The van der Waals surface area contributed by atoms with Crippen LogP contribution in [0, 0.1) is 11.6 Å². The van der Waals surface area contributed by atoms with E-state index in [-0.39, 0.29) is 0 Å². The van der Waals surface area contributed by atoms with Crippen LogP contribution in [-0.2, 0) is 0 Å². The van der Waals surface area contributed by atoms with Crippen molar-refractivity contribution in [3.05, 3.63) is 35.4 Å². The lowest BCUT2D eigenvalue weighted by Crippen LogP contribution is -1.87. The van der Waals surface area contributed by atoms with Crippen LogP contribution in [0.15, 0.2) is 23.2 Å². The van der Waals surface area contributed by atoms with Crippen LogP contribution in [0.1, 0.15) is 5.56 Å². The maximum absolute atomic E-state index is 12.5. The van der Waals surface area contributed by atoms with E-state index in [2.05, 4.69) is 4.99 Å². The first-order valence-corrected chi connectivity index (χ1v) is 3.11. The Balaban J connectivity index is 3.05. The minimum atomic E-state index is -0.845. The number of rotatable bonds is 1. The molecule has 0 saturated heterocycles. The molecule has 0 heterocycles.